The van der Waals surface area contributed by atoms with Gasteiger partial charge >= 0.3 is 0 Å². The molecule has 1 aromatic heterocycles. The van der Waals surface area contributed by atoms with Crippen molar-refractivity contribution in [3.05, 3.63) is 59.9 Å². The quantitative estimate of drug-likeness (QED) is 0.675. The lowest BCUT2D eigenvalue weighted by molar-refractivity contribution is -0.124. The minimum absolute atomic E-state index is 0.0717. The molecule has 6 heteroatoms. The predicted molar refractivity (Wildman–Crippen MR) is 100 cm³/mol. The Morgan fingerprint density at radius 2 is 1.88 bits per heavy atom. The van der Waals surface area contributed by atoms with Crippen LogP contribution in [0.15, 0.2) is 48.5 Å². The number of benzene rings is 2. The third-order valence-corrected chi connectivity index (χ3v) is 4.18. The van der Waals surface area contributed by atoms with Crippen molar-refractivity contribution < 1.29 is 14.3 Å². The van der Waals surface area contributed by atoms with Crippen molar-refractivity contribution in [2.45, 2.75) is 13.0 Å². The molecule has 6 nitrogen and oxygen atoms in total. The second kappa shape index (κ2) is 8.49. The molecule has 1 amide bonds. The van der Waals surface area contributed by atoms with Gasteiger partial charge in [0.25, 0.3) is 0 Å². The molecule has 0 aliphatic heterocycles. The van der Waals surface area contributed by atoms with E-state index in [-0.39, 0.29) is 12.5 Å². The van der Waals surface area contributed by atoms with E-state index in [1.165, 1.54) is 12.7 Å². The molecule has 1 N–H and O–H groups in total. The van der Waals surface area contributed by atoms with E-state index in [2.05, 4.69) is 28.1 Å². The topological polar surface area (TPSA) is 65.4 Å². The minimum atomic E-state index is -0.120. The Hall–Kier alpha value is -2.86. The molecular formula is C20H23N3O3. The van der Waals surface area contributed by atoms with Gasteiger partial charge in [0.05, 0.1) is 18.1 Å². The summed E-state index contributed by atoms with van der Waals surface area (Å²) in [6.07, 6.45) is 0.653. The van der Waals surface area contributed by atoms with Crippen LogP contribution in [-0.2, 0) is 22.5 Å². The highest BCUT2D eigenvalue weighted by Crippen LogP contribution is 2.19. The highest BCUT2D eigenvalue weighted by atomic mass is 16.5. The second-order valence-corrected chi connectivity index (χ2v) is 5.98. The van der Waals surface area contributed by atoms with Crippen LogP contribution in [0, 0.1) is 0 Å². The Bertz CT molecular complexity index is 872. The number of hydrogen-bond acceptors (Lipinski definition) is 4. The first-order valence-electron chi connectivity index (χ1n) is 8.54. The van der Waals surface area contributed by atoms with Gasteiger partial charge < -0.3 is 19.4 Å². The number of carbonyl (C=O) groups excluding carboxylic acids is 1. The molecule has 3 rings (SSSR count). The van der Waals surface area contributed by atoms with Crippen LogP contribution in [0.25, 0.3) is 11.0 Å². The second-order valence-electron chi connectivity index (χ2n) is 5.98. The van der Waals surface area contributed by atoms with Crippen molar-refractivity contribution in [1.29, 1.82) is 0 Å². The number of carbonyl (C=O) groups is 1. The van der Waals surface area contributed by atoms with Gasteiger partial charge in [0.2, 0.25) is 5.91 Å². The number of nitrogens with zero attached hydrogens (tertiary/aromatic N) is 2. The lowest BCUT2D eigenvalue weighted by Crippen LogP contribution is -2.29. The number of methoxy groups -OCH3 is 2. The average Bonchev–Trinajstić information content (AvgIpc) is 3.00. The summed E-state index contributed by atoms with van der Waals surface area (Å²) < 4.78 is 12.3. The maximum Gasteiger partial charge on any atom is 0.245 e. The lowest BCUT2D eigenvalue weighted by atomic mass is 10.2. The molecule has 26 heavy (non-hydrogen) atoms. The molecule has 0 radical (unpaired) electrons. The zero-order valence-electron chi connectivity index (χ0n) is 15.1. The molecule has 0 aliphatic rings. The van der Waals surface area contributed by atoms with Gasteiger partial charge in [-0.25, -0.2) is 4.98 Å². The summed E-state index contributed by atoms with van der Waals surface area (Å²) in [7, 11) is 3.17. The van der Waals surface area contributed by atoms with E-state index in [1.54, 1.807) is 7.11 Å². The number of para-hydroxylation sites is 2. The number of imidazole rings is 1. The largest absolute Gasteiger partial charge is 0.497 e. The van der Waals surface area contributed by atoms with Gasteiger partial charge in [0.1, 0.15) is 18.2 Å². The Morgan fingerprint density at radius 3 is 2.62 bits per heavy atom. The maximum atomic E-state index is 11.6. The SMILES string of the molecule is COCC(=O)NCCc1nc2ccccc2n1Cc1ccc(OC)cc1. The third kappa shape index (κ3) is 4.21. The molecule has 0 saturated heterocycles. The number of amides is 1. The Balaban J connectivity index is 1.80. The summed E-state index contributed by atoms with van der Waals surface area (Å²) in [5, 5.41) is 2.85. The number of nitrogens with one attached hydrogen (secondary N) is 1. The van der Waals surface area contributed by atoms with Crippen LogP contribution in [0.2, 0.25) is 0 Å². The molecule has 3 aromatic rings. The number of rotatable bonds is 8. The van der Waals surface area contributed by atoms with Gasteiger partial charge in [0, 0.05) is 26.6 Å². The average molecular weight is 353 g/mol. The molecule has 1 heterocycles. The minimum Gasteiger partial charge on any atom is -0.497 e. The molecule has 0 spiro atoms. The van der Waals surface area contributed by atoms with E-state index < -0.39 is 0 Å². The molecule has 0 saturated carbocycles. The van der Waals surface area contributed by atoms with Crippen molar-refractivity contribution in [2.24, 2.45) is 0 Å². The van der Waals surface area contributed by atoms with Crippen molar-refractivity contribution in [2.75, 3.05) is 27.4 Å². The Morgan fingerprint density at radius 1 is 1.12 bits per heavy atom. The normalized spacial score (nSPS) is 10.8. The summed E-state index contributed by atoms with van der Waals surface area (Å²) in [6, 6.07) is 16.1. The van der Waals surface area contributed by atoms with Crippen LogP contribution in [0.1, 0.15) is 11.4 Å². The van der Waals surface area contributed by atoms with Crippen LogP contribution >= 0.6 is 0 Å². The molecular weight excluding hydrogens is 330 g/mol. The van der Waals surface area contributed by atoms with Gasteiger partial charge in [0.15, 0.2) is 0 Å². The van der Waals surface area contributed by atoms with Crippen LogP contribution in [0.4, 0.5) is 0 Å². The first-order chi connectivity index (χ1) is 12.7. The molecule has 2 aromatic carbocycles. The number of aromatic nitrogens is 2. The monoisotopic (exact) mass is 353 g/mol. The summed E-state index contributed by atoms with van der Waals surface area (Å²) in [5.74, 6) is 1.66. The van der Waals surface area contributed by atoms with Crippen LogP contribution in [-0.4, -0.2) is 42.8 Å². The fourth-order valence-corrected chi connectivity index (χ4v) is 2.90. The maximum absolute atomic E-state index is 11.6. The van der Waals surface area contributed by atoms with Crippen molar-refractivity contribution >= 4 is 16.9 Å². The molecule has 0 aliphatic carbocycles. The first-order valence-corrected chi connectivity index (χ1v) is 8.54. The molecule has 0 atom stereocenters. The zero-order chi connectivity index (χ0) is 18.4. The van der Waals surface area contributed by atoms with Crippen molar-refractivity contribution in [3.8, 4) is 5.75 Å². The zero-order valence-corrected chi connectivity index (χ0v) is 15.1. The number of ether oxygens (including phenoxy) is 2. The van der Waals surface area contributed by atoms with Crippen molar-refractivity contribution in [1.82, 2.24) is 14.9 Å². The molecule has 0 unspecified atom stereocenters. The van der Waals surface area contributed by atoms with Gasteiger partial charge in [-0.15, -0.1) is 0 Å². The number of hydrogen-bond donors (Lipinski definition) is 1. The third-order valence-electron chi connectivity index (χ3n) is 4.18. The molecule has 136 valence electrons. The van der Waals surface area contributed by atoms with Crippen LogP contribution < -0.4 is 10.1 Å². The smallest absolute Gasteiger partial charge is 0.245 e. The standard InChI is InChI=1S/C20H23N3O3/c1-25-14-20(24)21-12-11-19-22-17-5-3-4-6-18(17)23(19)13-15-7-9-16(26-2)10-8-15/h3-10H,11-14H2,1-2H3,(H,21,24). The van der Waals surface area contributed by atoms with E-state index in [4.69, 9.17) is 14.5 Å². The van der Waals surface area contributed by atoms with Gasteiger partial charge in [-0.3, -0.25) is 4.79 Å². The van der Waals surface area contributed by atoms with Gasteiger partial charge in [-0.2, -0.15) is 0 Å². The first kappa shape index (κ1) is 17.9. The summed E-state index contributed by atoms with van der Waals surface area (Å²) in [5.41, 5.74) is 3.21. The summed E-state index contributed by atoms with van der Waals surface area (Å²) in [6.45, 7) is 1.31. The van der Waals surface area contributed by atoms with E-state index in [9.17, 15) is 4.79 Å². The van der Waals surface area contributed by atoms with Crippen LogP contribution in [0.3, 0.4) is 0 Å². The van der Waals surface area contributed by atoms with Crippen LogP contribution in [0.5, 0.6) is 5.75 Å². The highest BCUT2D eigenvalue weighted by Gasteiger charge is 2.11. The fraction of sp³-hybridized carbons (Fsp3) is 0.300. The number of fused-ring (bicyclic) bond motifs is 1. The Kier molecular flexibility index (Phi) is 5.86. The predicted octanol–water partition coefficient (Wildman–Crippen LogP) is 2.40. The van der Waals surface area contributed by atoms with E-state index in [1.807, 2.05) is 30.3 Å². The fourth-order valence-electron chi connectivity index (χ4n) is 2.90. The van der Waals surface area contributed by atoms with Gasteiger partial charge in [-0.05, 0) is 29.8 Å². The van der Waals surface area contributed by atoms with Gasteiger partial charge in [-0.1, -0.05) is 24.3 Å². The molecule has 0 fully saturated rings. The summed E-state index contributed by atoms with van der Waals surface area (Å²) >= 11 is 0. The highest BCUT2D eigenvalue weighted by molar-refractivity contribution is 5.77. The van der Waals surface area contributed by atoms with E-state index in [0.717, 1.165) is 22.6 Å². The van der Waals surface area contributed by atoms with E-state index in [0.29, 0.717) is 19.5 Å². The summed E-state index contributed by atoms with van der Waals surface area (Å²) in [4.78, 5) is 16.3. The van der Waals surface area contributed by atoms with Crippen molar-refractivity contribution in [3.63, 3.8) is 0 Å². The Labute approximate surface area is 152 Å². The molecule has 0 bridgehead atoms. The lowest BCUT2D eigenvalue weighted by Gasteiger charge is -2.11. The van der Waals surface area contributed by atoms with E-state index >= 15 is 0 Å².